The van der Waals surface area contributed by atoms with E-state index in [1.807, 2.05) is 26.0 Å². The molecular weight excluding hydrogens is 354 g/mol. The molecule has 21 heavy (non-hydrogen) atoms. The lowest BCUT2D eigenvalue weighted by Gasteiger charge is -2.06. The van der Waals surface area contributed by atoms with E-state index in [-0.39, 0.29) is 12.5 Å². The molecule has 0 bridgehead atoms. The number of nitrogens with one attached hydrogen (secondary N) is 1. The maximum absolute atomic E-state index is 11.9. The Morgan fingerprint density at radius 1 is 1.52 bits per heavy atom. The van der Waals surface area contributed by atoms with E-state index in [2.05, 4.69) is 26.3 Å². The Morgan fingerprint density at radius 2 is 2.33 bits per heavy atom. The molecule has 0 radical (unpaired) electrons. The molecule has 0 atom stereocenters. The van der Waals surface area contributed by atoms with Crippen molar-refractivity contribution < 1.29 is 9.21 Å². The topological polar surface area (TPSA) is 60.1 Å². The number of halogens is 1. The van der Waals surface area contributed by atoms with E-state index in [0.29, 0.717) is 6.54 Å². The largest absolute Gasteiger partial charge is 0.468 e. The molecule has 2 rings (SSSR count). The molecule has 0 aromatic carbocycles. The summed E-state index contributed by atoms with van der Waals surface area (Å²) in [7, 11) is 0. The van der Waals surface area contributed by atoms with E-state index in [9.17, 15) is 4.79 Å². The molecule has 0 spiro atoms. The first-order valence-electron chi connectivity index (χ1n) is 6.64. The lowest BCUT2D eigenvalue weighted by atomic mass is 10.4. The molecule has 0 aliphatic carbocycles. The van der Waals surface area contributed by atoms with Crippen LogP contribution in [0.5, 0.6) is 0 Å². The molecule has 2 aromatic heterocycles. The highest BCUT2D eigenvalue weighted by atomic mass is 79.9. The highest BCUT2D eigenvalue weighted by molar-refractivity contribution is 9.10. The second-order valence-corrected chi connectivity index (χ2v) is 6.52. The fourth-order valence-corrected chi connectivity index (χ4v) is 2.89. The quantitative estimate of drug-likeness (QED) is 0.760. The van der Waals surface area contributed by atoms with Gasteiger partial charge >= 0.3 is 0 Å². The van der Waals surface area contributed by atoms with Crippen LogP contribution in [0.3, 0.4) is 0 Å². The molecule has 2 aromatic rings. The highest BCUT2D eigenvalue weighted by Gasteiger charge is 2.11. The van der Waals surface area contributed by atoms with Crippen LogP contribution in [0.4, 0.5) is 0 Å². The third-order valence-electron chi connectivity index (χ3n) is 2.98. The number of hydrogen-bond donors (Lipinski definition) is 1. The molecule has 0 unspecified atom stereocenters. The van der Waals surface area contributed by atoms with Crippen molar-refractivity contribution in [2.45, 2.75) is 26.1 Å². The minimum Gasteiger partial charge on any atom is -0.468 e. The second kappa shape index (κ2) is 7.70. The summed E-state index contributed by atoms with van der Waals surface area (Å²) in [6.07, 6.45) is 1.67. The number of carbonyl (C=O) groups excluding carboxylic acids is 1. The van der Waals surface area contributed by atoms with Crippen LogP contribution in [-0.2, 0) is 17.1 Å². The summed E-state index contributed by atoms with van der Waals surface area (Å²) >= 11 is 5.19. The summed E-state index contributed by atoms with van der Waals surface area (Å²) in [5.41, 5.74) is 1.86. The summed E-state index contributed by atoms with van der Waals surface area (Å²) in [6, 6.07) is 3.83. The Hall–Kier alpha value is -1.21. The van der Waals surface area contributed by atoms with Crippen LogP contribution in [0, 0.1) is 13.8 Å². The lowest BCUT2D eigenvalue weighted by molar-refractivity contribution is -0.121. The van der Waals surface area contributed by atoms with Crippen molar-refractivity contribution in [2.24, 2.45) is 0 Å². The van der Waals surface area contributed by atoms with Gasteiger partial charge in [-0.2, -0.15) is 16.9 Å². The summed E-state index contributed by atoms with van der Waals surface area (Å²) < 4.78 is 7.92. The zero-order valence-corrected chi connectivity index (χ0v) is 14.5. The molecule has 0 aliphatic heterocycles. The summed E-state index contributed by atoms with van der Waals surface area (Å²) in [5.74, 6) is 2.62. The van der Waals surface area contributed by atoms with Crippen molar-refractivity contribution in [3.63, 3.8) is 0 Å². The first kappa shape index (κ1) is 16.2. The van der Waals surface area contributed by atoms with E-state index in [4.69, 9.17) is 4.42 Å². The van der Waals surface area contributed by atoms with Crippen molar-refractivity contribution in [1.29, 1.82) is 0 Å². The average Bonchev–Trinajstić information content (AvgIpc) is 3.04. The molecule has 0 saturated carbocycles. The lowest BCUT2D eigenvalue weighted by Crippen LogP contribution is -2.30. The number of hydrogen-bond acceptors (Lipinski definition) is 4. The molecule has 7 heteroatoms. The van der Waals surface area contributed by atoms with Gasteiger partial charge in [-0.1, -0.05) is 0 Å². The molecule has 2 heterocycles. The van der Waals surface area contributed by atoms with Gasteiger partial charge in [-0.25, -0.2) is 0 Å². The molecule has 0 aliphatic rings. The highest BCUT2D eigenvalue weighted by Crippen LogP contribution is 2.19. The van der Waals surface area contributed by atoms with Crippen LogP contribution in [0.25, 0.3) is 0 Å². The first-order valence-corrected chi connectivity index (χ1v) is 8.59. The monoisotopic (exact) mass is 371 g/mol. The first-order chi connectivity index (χ1) is 10.1. The summed E-state index contributed by atoms with van der Waals surface area (Å²) in [5, 5.41) is 7.22. The maximum atomic E-state index is 11.9. The van der Waals surface area contributed by atoms with E-state index in [1.54, 1.807) is 22.7 Å². The smallest absolute Gasteiger partial charge is 0.241 e. The standard InChI is InChI=1S/C14H18BrN3O2S/c1-10-14(15)11(2)18(17-10)8-13(19)16-5-7-21-9-12-4-3-6-20-12/h3-4,6H,5,7-9H2,1-2H3,(H,16,19). The fraction of sp³-hybridized carbons (Fsp3) is 0.429. The van der Waals surface area contributed by atoms with Crippen molar-refractivity contribution in [2.75, 3.05) is 12.3 Å². The molecular formula is C14H18BrN3O2S. The van der Waals surface area contributed by atoms with Crippen molar-refractivity contribution in [1.82, 2.24) is 15.1 Å². The Labute approximate surface area is 136 Å². The Balaban J connectivity index is 1.66. The average molecular weight is 372 g/mol. The van der Waals surface area contributed by atoms with Gasteiger partial charge in [0.05, 0.1) is 27.9 Å². The van der Waals surface area contributed by atoms with Crippen molar-refractivity contribution in [3.8, 4) is 0 Å². The number of rotatable bonds is 7. The van der Waals surface area contributed by atoms with Gasteiger partial charge in [-0.15, -0.1) is 0 Å². The SMILES string of the molecule is Cc1nn(CC(=O)NCCSCc2ccco2)c(C)c1Br. The van der Waals surface area contributed by atoms with Crippen LogP contribution >= 0.6 is 27.7 Å². The Morgan fingerprint density at radius 3 is 2.95 bits per heavy atom. The van der Waals surface area contributed by atoms with Crippen LogP contribution in [-0.4, -0.2) is 28.0 Å². The number of thioether (sulfide) groups is 1. The fourth-order valence-electron chi connectivity index (χ4n) is 1.85. The van der Waals surface area contributed by atoms with Gasteiger partial charge in [0, 0.05) is 12.3 Å². The maximum Gasteiger partial charge on any atom is 0.241 e. The second-order valence-electron chi connectivity index (χ2n) is 4.62. The van der Waals surface area contributed by atoms with E-state index in [0.717, 1.165) is 33.1 Å². The van der Waals surface area contributed by atoms with Gasteiger partial charge in [0.15, 0.2) is 0 Å². The molecule has 0 saturated heterocycles. The number of aryl methyl sites for hydroxylation is 1. The molecule has 0 fully saturated rings. The van der Waals surface area contributed by atoms with Gasteiger partial charge < -0.3 is 9.73 Å². The van der Waals surface area contributed by atoms with Gasteiger partial charge in [0.2, 0.25) is 5.91 Å². The van der Waals surface area contributed by atoms with Crippen LogP contribution in [0.2, 0.25) is 0 Å². The summed E-state index contributed by atoms with van der Waals surface area (Å²) in [4.78, 5) is 11.9. The normalized spacial score (nSPS) is 10.8. The number of amides is 1. The number of nitrogens with zero attached hydrogens (tertiary/aromatic N) is 2. The molecule has 5 nitrogen and oxygen atoms in total. The number of furan rings is 1. The zero-order valence-electron chi connectivity index (χ0n) is 12.1. The predicted octanol–water partition coefficient (Wildman–Crippen LogP) is 2.91. The van der Waals surface area contributed by atoms with Gasteiger partial charge in [-0.3, -0.25) is 9.48 Å². The van der Waals surface area contributed by atoms with Crippen LogP contribution < -0.4 is 5.32 Å². The van der Waals surface area contributed by atoms with Crippen LogP contribution in [0.1, 0.15) is 17.1 Å². The van der Waals surface area contributed by atoms with E-state index < -0.39 is 0 Å². The van der Waals surface area contributed by atoms with Crippen LogP contribution in [0.15, 0.2) is 27.3 Å². The van der Waals surface area contributed by atoms with Gasteiger partial charge in [-0.05, 0) is 41.9 Å². The molecule has 114 valence electrons. The zero-order chi connectivity index (χ0) is 15.2. The number of carbonyl (C=O) groups is 1. The third-order valence-corrected chi connectivity index (χ3v) is 5.11. The Bertz CT molecular complexity index is 596. The minimum atomic E-state index is -0.0216. The minimum absolute atomic E-state index is 0.0216. The summed E-state index contributed by atoms with van der Waals surface area (Å²) in [6.45, 7) is 4.75. The third kappa shape index (κ3) is 4.64. The van der Waals surface area contributed by atoms with E-state index >= 15 is 0 Å². The predicted molar refractivity (Wildman–Crippen MR) is 87.3 cm³/mol. The van der Waals surface area contributed by atoms with E-state index in [1.165, 1.54) is 0 Å². The molecule has 1 N–H and O–H groups in total. The van der Waals surface area contributed by atoms with Crippen molar-refractivity contribution in [3.05, 3.63) is 40.0 Å². The number of aromatic nitrogens is 2. The molecule has 1 amide bonds. The van der Waals surface area contributed by atoms with Gasteiger partial charge in [0.25, 0.3) is 0 Å². The van der Waals surface area contributed by atoms with Gasteiger partial charge in [0.1, 0.15) is 12.3 Å². The Kier molecular flexibility index (Phi) is 5.93. The van der Waals surface area contributed by atoms with Crippen molar-refractivity contribution >= 4 is 33.6 Å².